The van der Waals surface area contributed by atoms with Gasteiger partial charge in [-0.15, -0.1) is 0 Å². The highest BCUT2D eigenvalue weighted by molar-refractivity contribution is 5.73. The minimum absolute atomic E-state index is 0.165. The molecule has 0 aliphatic heterocycles. The van der Waals surface area contributed by atoms with Crippen LogP contribution < -0.4 is 5.73 Å². The summed E-state index contributed by atoms with van der Waals surface area (Å²) in [5, 5.41) is 23.7. The third-order valence-corrected chi connectivity index (χ3v) is 14.6. The topological polar surface area (TPSA) is 83.6 Å². The van der Waals surface area contributed by atoms with Gasteiger partial charge in [0.1, 0.15) is 0 Å². The van der Waals surface area contributed by atoms with E-state index < -0.39 is 0 Å². The predicted octanol–water partition coefficient (Wildman–Crippen LogP) is 9.98. The summed E-state index contributed by atoms with van der Waals surface area (Å²) >= 11 is 0. The van der Waals surface area contributed by atoms with E-state index in [4.69, 9.17) is 5.73 Å². The molecule has 44 heavy (non-hydrogen) atoms. The first-order valence-corrected chi connectivity index (χ1v) is 19.8. The quantitative estimate of drug-likeness (QED) is 0.126. The van der Waals surface area contributed by atoms with Crippen molar-refractivity contribution >= 4 is 5.91 Å². The molecule has 4 aliphatic rings. The number of amides is 1. The molecular formula is C40H73NO3. The second-order valence-corrected chi connectivity index (χ2v) is 17.0. The van der Waals surface area contributed by atoms with Crippen molar-refractivity contribution in [1.29, 1.82) is 0 Å². The van der Waals surface area contributed by atoms with Gasteiger partial charge in [-0.25, -0.2) is 0 Å². The second-order valence-electron chi connectivity index (χ2n) is 17.0. The van der Waals surface area contributed by atoms with E-state index >= 15 is 0 Å². The van der Waals surface area contributed by atoms with E-state index in [1.54, 1.807) is 0 Å². The molecule has 4 N–H and O–H groups in total. The molecule has 4 nitrogen and oxygen atoms in total. The van der Waals surface area contributed by atoms with Gasteiger partial charge in [0.2, 0.25) is 5.91 Å². The molecule has 0 aromatic rings. The van der Waals surface area contributed by atoms with Crippen LogP contribution in [0.3, 0.4) is 0 Å². The Labute approximate surface area is 272 Å². The van der Waals surface area contributed by atoms with Gasteiger partial charge in [0.25, 0.3) is 0 Å². The lowest BCUT2D eigenvalue weighted by Gasteiger charge is -2.65. The maximum absolute atomic E-state index is 12.0. The molecule has 0 bridgehead atoms. The zero-order chi connectivity index (χ0) is 31.7. The number of rotatable bonds is 19. The molecule has 4 saturated carbocycles. The van der Waals surface area contributed by atoms with Crippen LogP contribution in [0.1, 0.15) is 182 Å². The average Bonchev–Trinajstić information content (AvgIpc) is 3.35. The Morgan fingerprint density at radius 2 is 1.36 bits per heavy atom. The number of primary amides is 1. The monoisotopic (exact) mass is 616 g/mol. The lowest BCUT2D eigenvalue weighted by atomic mass is 9.41. The molecule has 4 aliphatic carbocycles. The van der Waals surface area contributed by atoms with E-state index in [0.29, 0.717) is 41.9 Å². The molecule has 11 atom stereocenters. The molecule has 4 fully saturated rings. The fraction of sp³-hybridized carbons (Fsp3) is 0.975. The van der Waals surface area contributed by atoms with Crippen LogP contribution in [0.4, 0.5) is 0 Å². The molecule has 4 rings (SSSR count). The normalized spacial score (nSPS) is 39.0. The van der Waals surface area contributed by atoms with Crippen molar-refractivity contribution in [3.05, 3.63) is 0 Å². The Morgan fingerprint density at radius 3 is 1.95 bits per heavy atom. The number of fused-ring (bicyclic) bond motifs is 5. The lowest BCUT2D eigenvalue weighted by Crippen LogP contribution is -2.63. The van der Waals surface area contributed by atoms with Crippen molar-refractivity contribution in [3.63, 3.8) is 0 Å². The van der Waals surface area contributed by atoms with Gasteiger partial charge in [0, 0.05) is 6.42 Å². The molecule has 11 unspecified atom stereocenters. The number of carbonyl (C=O) groups excluding carboxylic acids is 1. The zero-order valence-electron chi connectivity index (χ0n) is 29.5. The predicted molar refractivity (Wildman–Crippen MR) is 184 cm³/mol. The molecule has 0 aromatic heterocycles. The van der Waals surface area contributed by atoms with Gasteiger partial charge in [-0.2, -0.15) is 0 Å². The molecule has 1 amide bonds. The Balaban J connectivity index is 1.27. The molecule has 0 spiro atoms. The smallest absolute Gasteiger partial charge is 0.217 e. The highest BCUT2D eigenvalue weighted by atomic mass is 16.3. The van der Waals surface area contributed by atoms with Crippen LogP contribution in [0.15, 0.2) is 0 Å². The fourth-order valence-electron chi connectivity index (χ4n) is 12.0. The standard InChI is InChI=1S/C40H73NO3/c1-5-6-7-8-9-10-11-12-13-14-15-16-17-18-20-30-21-19-22-31-27-35(42)38-33-25-24-32(29(2)23-26-37(41)44)40(33,4)36(43)28-34(38)39(30,31)3/h29-36,38,42-43H,5-28H2,1-4H3,(H2,41,44). The third-order valence-electron chi connectivity index (χ3n) is 14.6. The Bertz CT molecular complexity index is 862. The Kier molecular flexibility index (Phi) is 14.0. The number of hydrogen-bond acceptors (Lipinski definition) is 3. The van der Waals surface area contributed by atoms with Gasteiger partial charge in [0.05, 0.1) is 12.2 Å². The summed E-state index contributed by atoms with van der Waals surface area (Å²) in [7, 11) is 0. The Hall–Kier alpha value is -0.610. The van der Waals surface area contributed by atoms with Crippen LogP contribution in [0, 0.1) is 52.3 Å². The molecule has 0 aromatic carbocycles. The summed E-state index contributed by atoms with van der Waals surface area (Å²) in [4.78, 5) is 11.5. The average molecular weight is 616 g/mol. The van der Waals surface area contributed by atoms with Gasteiger partial charge in [-0.1, -0.05) is 124 Å². The van der Waals surface area contributed by atoms with Crippen molar-refractivity contribution in [2.75, 3.05) is 0 Å². The van der Waals surface area contributed by atoms with Crippen molar-refractivity contribution in [2.45, 2.75) is 194 Å². The van der Waals surface area contributed by atoms with Crippen LogP contribution in [-0.2, 0) is 4.79 Å². The van der Waals surface area contributed by atoms with Crippen molar-refractivity contribution in [1.82, 2.24) is 0 Å². The molecular weight excluding hydrogens is 542 g/mol. The minimum atomic E-state index is -0.316. The maximum atomic E-state index is 12.0. The van der Waals surface area contributed by atoms with E-state index in [0.717, 1.165) is 38.0 Å². The van der Waals surface area contributed by atoms with Gasteiger partial charge < -0.3 is 15.9 Å². The van der Waals surface area contributed by atoms with Crippen molar-refractivity contribution in [2.24, 2.45) is 58.0 Å². The third kappa shape index (κ3) is 8.08. The number of hydrogen-bond donors (Lipinski definition) is 3. The van der Waals surface area contributed by atoms with Crippen molar-refractivity contribution in [3.8, 4) is 0 Å². The van der Waals surface area contributed by atoms with Crippen LogP contribution in [0.2, 0.25) is 0 Å². The maximum Gasteiger partial charge on any atom is 0.217 e. The number of unbranched alkanes of at least 4 members (excludes halogenated alkanes) is 13. The first-order valence-electron chi connectivity index (χ1n) is 19.8. The summed E-state index contributed by atoms with van der Waals surface area (Å²) in [6.07, 6.45) is 29.8. The fourth-order valence-corrected chi connectivity index (χ4v) is 12.0. The van der Waals surface area contributed by atoms with Crippen LogP contribution in [-0.4, -0.2) is 28.3 Å². The highest BCUT2D eigenvalue weighted by Gasteiger charge is 2.66. The minimum Gasteiger partial charge on any atom is -0.393 e. The SMILES string of the molecule is CCCCCCCCCCCCCCCCC1CCCC2CC(O)C3C(CC(O)C4(C)C(C(C)CCC(N)=O)CCC34)C12C. The summed E-state index contributed by atoms with van der Waals surface area (Å²) in [5.41, 5.74) is 5.59. The molecule has 0 radical (unpaired) electrons. The van der Waals surface area contributed by atoms with Crippen molar-refractivity contribution < 1.29 is 15.0 Å². The largest absolute Gasteiger partial charge is 0.393 e. The number of aliphatic hydroxyl groups is 2. The van der Waals surface area contributed by atoms with Crippen LogP contribution in [0.5, 0.6) is 0 Å². The molecule has 0 saturated heterocycles. The van der Waals surface area contributed by atoms with Gasteiger partial charge in [-0.3, -0.25) is 4.79 Å². The molecule has 0 heterocycles. The van der Waals surface area contributed by atoms with Gasteiger partial charge >= 0.3 is 0 Å². The molecule has 4 heteroatoms. The number of carbonyl (C=O) groups is 1. The van der Waals surface area contributed by atoms with Gasteiger partial charge in [-0.05, 0) is 104 Å². The van der Waals surface area contributed by atoms with Crippen LogP contribution in [0.25, 0.3) is 0 Å². The van der Waals surface area contributed by atoms with E-state index in [9.17, 15) is 15.0 Å². The second kappa shape index (κ2) is 17.0. The summed E-state index contributed by atoms with van der Waals surface area (Å²) in [6, 6.07) is 0. The summed E-state index contributed by atoms with van der Waals surface area (Å²) < 4.78 is 0. The zero-order valence-corrected chi connectivity index (χ0v) is 29.5. The van der Waals surface area contributed by atoms with E-state index in [1.165, 1.54) is 116 Å². The Morgan fingerprint density at radius 1 is 0.773 bits per heavy atom. The number of nitrogens with two attached hydrogens (primary N) is 1. The lowest BCUT2D eigenvalue weighted by molar-refractivity contribution is -0.215. The first-order chi connectivity index (χ1) is 21.1. The highest BCUT2D eigenvalue weighted by Crippen LogP contribution is 2.69. The summed E-state index contributed by atoms with van der Waals surface area (Å²) in [5.74, 6) is 3.03. The van der Waals surface area contributed by atoms with Crippen LogP contribution >= 0.6 is 0 Å². The van der Waals surface area contributed by atoms with E-state index in [2.05, 4.69) is 27.7 Å². The van der Waals surface area contributed by atoms with E-state index in [1.807, 2.05) is 0 Å². The number of aliphatic hydroxyl groups excluding tert-OH is 2. The van der Waals surface area contributed by atoms with Gasteiger partial charge in [0.15, 0.2) is 0 Å². The molecule has 256 valence electrons. The first kappa shape index (κ1) is 36.2. The summed E-state index contributed by atoms with van der Waals surface area (Å²) in [6.45, 7) is 9.50. The van der Waals surface area contributed by atoms with E-state index in [-0.39, 0.29) is 28.9 Å².